The van der Waals surface area contributed by atoms with E-state index in [9.17, 15) is 4.79 Å². The van der Waals surface area contributed by atoms with Crippen LogP contribution in [0.5, 0.6) is 0 Å². The number of oxazole rings is 1. The molecule has 1 aromatic carbocycles. The van der Waals surface area contributed by atoms with E-state index in [0.717, 1.165) is 11.3 Å². The van der Waals surface area contributed by atoms with Gasteiger partial charge in [0.2, 0.25) is 5.89 Å². The van der Waals surface area contributed by atoms with Gasteiger partial charge in [0.25, 0.3) is 0 Å². The van der Waals surface area contributed by atoms with Crippen LogP contribution >= 0.6 is 23.4 Å². The van der Waals surface area contributed by atoms with Gasteiger partial charge in [-0.05, 0) is 30.2 Å². The second-order valence-electron chi connectivity index (χ2n) is 4.96. The van der Waals surface area contributed by atoms with E-state index in [1.807, 2.05) is 26.0 Å². The Morgan fingerprint density at radius 2 is 2.05 bits per heavy atom. The van der Waals surface area contributed by atoms with Gasteiger partial charge in [-0.1, -0.05) is 25.4 Å². The molecule has 0 bridgehead atoms. The van der Waals surface area contributed by atoms with Gasteiger partial charge in [0.1, 0.15) is 11.5 Å². The second kappa shape index (κ2) is 7.00. The summed E-state index contributed by atoms with van der Waals surface area (Å²) in [6.45, 7) is 3.79. The van der Waals surface area contributed by atoms with Crippen molar-refractivity contribution < 1.29 is 14.3 Å². The summed E-state index contributed by atoms with van der Waals surface area (Å²) in [5, 5.41) is 9.36. The minimum Gasteiger partial charge on any atom is -0.480 e. The summed E-state index contributed by atoms with van der Waals surface area (Å²) in [6, 6.07) is 7.21. The lowest BCUT2D eigenvalue weighted by atomic mass is 10.1. The summed E-state index contributed by atoms with van der Waals surface area (Å²) < 4.78 is 5.43. The van der Waals surface area contributed by atoms with Crippen molar-refractivity contribution in [2.75, 3.05) is 0 Å². The Labute approximate surface area is 132 Å². The zero-order chi connectivity index (χ0) is 15.4. The Morgan fingerprint density at radius 1 is 1.38 bits per heavy atom. The fraction of sp³-hybridized carbons (Fsp3) is 0.333. The summed E-state index contributed by atoms with van der Waals surface area (Å²) in [5.41, 5.74) is 1.58. The van der Waals surface area contributed by atoms with Gasteiger partial charge in [-0.3, -0.25) is 4.79 Å². The molecule has 6 heteroatoms. The van der Waals surface area contributed by atoms with Crippen molar-refractivity contribution in [2.45, 2.75) is 24.9 Å². The molecule has 1 N–H and O–H groups in total. The molecule has 0 amide bonds. The number of carboxylic acids is 1. The summed E-state index contributed by atoms with van der Waals surface area (Å²) in [5.74, 6) is 0.289. The minimum atomic E-state index is -0.795. The lowest BCUT2D eigenvalue weighted by Crippen LogP contribution is -2.22. The number of hydrogen-bond donors (Lipinski definition) is 1. The number of thioether (sulfide) groups is 1. The van der Waals surface area contributed by atoms with E-state index in [1.54, 1.807) is 18.4 Å². The maximum atomic E-state index is 11.1. The van der Waals surface area contributed by atoms with Crippen molar-refractivity contribution in [2.24, 2.45) is 5.92 Å². The molecule has 0 fully saturated rings. The molecule has 1 aromatic heterocycles. The molecule has 112 valence electrons. The maximum Gasteiger partial charge on any atom is 0.316 e. The lowest BCUT2D eigenvalue weighted by molar-refractivity contribution is -0.137. The first kappa shape index (κ1) is 15.9. The first-order chi connectivity index (χ1) is 9.97. The van der Waals surface area contributed by atoms with Crippen LogP contribution in [0.25, 0.3) is 11.5 Å². The van der Waals surface area contributed by atoms with E-state index in [2.05, 4.69) is 4.98 Å². The van der Waals surface area contributed by atoms with E-state index in [-0.39, 0.29) is 5.92 Å². The van der Waals surface area contributed by atoms with Crippen LogP contribution in [-0.2, 0) is 10.5 Å². The van der Waals surface area contributed by atoms with E-state index < -0.39 is 11.2 Å². The Balaban J connectivity index is 2.03. The molecule has 0 saturated carbocycles. The van der Waals surface area contributed by atoms with Gasteiger partial charge < -0.3 is 9.52 Å². The van der Waals surface area contributed by atoms with Crippen molar-refractivity contribution in [1.29, 1.82) is 0 Å². The molecule has 21 heavy (non-hydrogen) atoms. The summed E-state index contributed by atoms with van der Waals surface area (Å²) in [7, 11) is 0. The number of rotatable bonds is 6. The smallest absolute Gasteiger partial charge is 0.316 e. The minimum absolute atomic E-state index is 0.0649. The first-order valence-electron chi connectivity index (χ1n) is 6.52. The van der Waals surface area contributed by atoms with E-state index in [4.69, 9.17) is 21.1 Å². The average Bonchev–Trinajstić information content (AvgIpc) is 2.87. The van der Waals surface area contributed by atoms with Crippen molar-refractivity contribution in [3.8, 4) is 11.5 Å². The molecule has 1 heterocycles. The third kappa shape index (κ3) is 4.25. The second-order valence-corrected chi connectivity index (χ2v) is 6.53. The van der Waals surface area contributed by atoms with Gasteiger partial charge in [0.05, 0.1) is 5.69 Å². The number of carbonyl (C=O) groups is 1. The highest BCUT2D eigenvalue weighted by molar-refractivity contribution is 7.99. The van der Waals surface area contributed by atoms with Gasteiger partial charge in [0, 0.05) is 16.3 Å². The van der Waals surface area contributed by atoms with Crippen LogP contribution in [0.15, 0.2) is 34.9 Å². The largest absolute Gasteiger partial charge is 0.480 e. The van der Waals surface area contributed by atoms with E-state index in [1.165, 1.54) is 11.8 Å². The molecule has 0 saturated heterocycles. The zero-order valence-corrected chi connectivity index (χ0v) is 13.3. The monoisotopic (exact) mass is 325 g/mol. The fourth-order valence-corrected chi connectivity index (χ4v) is 2.96. The quantitative estimate of drug-likeness (QED) is 0.856. The molecule has 0 radical (unpaired) electrons. The number of hydrogen-bond acceptors (Lipinski definition) is 4. The molecule has 0 aliphatic carbocycles. The van der Waals surface area contributed by atoms with Gasteiger partial charge in [-0.25, -0.2) is 4.98 Å². The van der Waals surface area contributed by atoms with E-state index in [0.29, 0.717) is 16.7 Å². The highest BCUT2D eigenvalue weighted by Gasteiger charge is 2.22. The van der Waals surface area contributed by atoms with Gasteiger partial charge in [0.15, 0.2) is 0 Å². The number of halogens is 1. The van der Waals surface area contributed by atoms with Crippen molar-refractivity contribution in [3.05, 3.63) is 41.2 Å². The fourth-order valence-electron chi connectivity index (χ4n) is 1.82. The van der Waals surface area contributed by atoms with Crippen LogP contribution in [0.2, 0.25) is 5.02 Å². The Bertz CT molecular complexity index is 610. The van der Waals surface area contributed by atoms with Gasteiger partial charge >= 0.3 is 5.97 Å². The number of aliphatic carboxylic acids is 1. The van der Waals surface area contributed by atoms with Crippen LogP contribution in [0.4, 0.5) is 0 Å². The zero-order valence-electron chi connectivity index (χ0n) is 11.7. The van der Waals surface area contributed by atoms with Crippen LogP contribution in [0.1, 0.15) is 19.5 Å². The maximum absolute atomic E-state index is 11.1. The highest BCUT2D eigenvalue weighted by Crippen LogP contribution is 2.26. The summed E-state index contributed by atoms with van der Waals surface area (Å²) >= 11 is 7.20. The number of benzene rings is 1. The van der Waals surface area contributed by atoms with Crippen LogP contribution in [0, 0.1) is 5.92 Å². The molecule has 0 aliphatic heterocycles. The topological polar surface area (TPSA) is 63.3 Å². The number of nitrogens with zero attached hydrogens (tertiary/aromatic N) is 1. The molecule has 4 nitrogen and oxygen atoms in total. The predicted molar refractivity (Wildman–Crippen MR) is 84.5 cm³/mol. The standard InChI is InChI=1S/C15H16ClNO3S/c1-9(2)13(15(18)19)21-8-12-7-20-14(17-12)10-3-5-11(16)6-4-10/h3-7,9,13H,8H2,1-2H3,(H,18,19). The third-order valence-electron chi connectivity index (χ3n) is 2.90. The van der Waals surface area contributed by atoms with Crippen molar-refractivity contribution in [3.63, 3.8) is 0 Å². The third-order valence-corrected chi connectivity index (χ3v) is 4.72. The van der Waals surface area contributed by atoms with Crippen LogP contribution < -0.4 is 0 Å². The molecule has 1 unspecified atom stereocenters. The highest BCUT2D eigenvalue weighted by atomic mass is 35.5. The first-order valence-corrected chi connectivity index (χ1v) is 7.95. The SMILES string of the molecule is CC(C)C(SCc1coc(-c2ccc(Cl)cc2)n1)C(=O)O. The molecular formula is C15H16ClNO3S. The number of aromatic nitrogens is 1. The Morgan fingerprint density at radius 3 is 2.62 bits per heavy atom. The van der Waals surface area contributed by atoms with Gasteiger partial charge in [-0.15, -0.1) is 11.8 Å². The van der Waals surface area contributed by atoms with Crippen LogP contribution in [-0.4, -0.2) is 21.3 Å². The molecule has 2 aromatic rings. The number of carboxylic acid groups (broad SMARTS) is 1. The molecule has 2 rings (SSSR count). The Kier molecular flexibility index (Phi) is 5.31. The summed E-state index contributed by atoms with van der Waals surface area (Å²) in [6.07, 6.45) is 1.57. The molecular weight excluding hydrogens is 310 g/mol. The molecule has 0 spiro atoms. The summed E-state index contributed by atoms with van der Waals surface area (Å²) in [4.78, 5) is 15.5. The Hall–Kier alpha value is -1.46. The lowest BCUT2D eigenvalue weighted by Gasteiger charge is -2.14. The van der Waals surface area contributed by atoms with Crippen molar-refractivity contribution >= 4 is 29.3 Å². The molecule has 0 aliphatic rings. The van der Waals surface area contributed by atoms with Crippen molar-refractivity contribution in [1.82, 2.24) is 4.98 Å². The van der Waals surface area contributed by atoms with Gasteiger partial charge in [-0.2, -0.15) is 0 Å². The predicted octanol–water partition coefficient (Wildman–Crippen LogP) is 4.34. The van der Waals surface area contributed by atoms with E-state index >= 15 is 0 Å². The normalized spacial score (nSPS) is 12.6. The molecule has 1 atom stereocenters. The average molecular weight is 326 g/mol. The van der Waals surface area contributed by atoms with Crippen LogP contribution in [0.3, 0.4) is 0 Å².